The van der Waals surface area contributed by atoms with Gasteiger partial charge < -0.3 is 5.32 Å². The second-order valence-electron chi connectivity index (χ2n) is 5.42. The van der Waals surface area contributed by atoms with Crippen LogP contribution >= 0.6 is 23.1 Å². The van der Waals surface area contributed by atoms with Gasteiger partial charge in [-0.3, -0.25) is 4.79 Å². The van der Waals surface area contributed by atoms with Crippen molar-refractivity contribution >= 4 is 39.2 Å². The van der Waals surface area contributed by atoms with Gasteiger partial charge in [-0.15, -0.1) is 11.3 Å². The average molecular weight is 338 g/mol. The van der Waals surface area contributed by atoms with Gasteiger partial charge in [-0.05, 0) is 24.8 Å². The number of fused-ring (bicyclic) bond motifs is 1. The Morgan fingerprint density at radius 3 is 3.05 bits per heavy atom. The standard InChI is InChI=1S/C16H23N3OS2/c1-3-4-5-6-7-12(2)19-14(20)10-22-16-13-8-9-21-15(13)17-11-18-16/h8-9,11-12H,3-7,10H2,1-2H3,(H,19,20)/t12-/m0/s1. The van der Waals surface area contributed by atoms with E-state index < -0.39 is 0 Å². The Morgan fingerprint density at radius 2 is 2.23 bits per heavy atom. The fourth-order valence-corrected chi connectivity index (χ4v) is 3.87. The molecule has 1 amide bonds. The predicted octanol–water partition coefficient (Wildman–Crippen LogP) is 4.26. The smallest absolute Gasteiger partial charge is 0.230 e. The summed E-state index contributed by atoms with van der Waals surface area (Å²) in [5.41, 5.74) is 0. The Hall–Kier alpha value is -1.14. The Balaban J connectivity index is 1.74. The number of aromatic nitrogens is 2. The number of thioether (sulfide) groups is 1. The maximum absolute atomic E-state index is 12.0. The molecule has 4 nitrogen and oxygen atoms in total. The highest BCUT2D eigenvalue weighted by Gasteiger charge is 2.10. The van der Waals surface area contributed by atoms with E-state index in [2.05, 4.69) is 29.1 Å². The van der Waals surface area contributed by atoms with Gasteiger partial charge in [-0.2, -0.15) is 0 Å². The Labute approximate surface area is 140 Å². The van der Waals surface area contributed by atoms with Crippen LogP contribution in [0.3, 0.4) is 0 Å². The number of thiophene rings is 1. The lowest BCUT2D eigenvalue weighted by atomic mass is 10.1. The highest BCUT2D eigenvalue weighted by atomic mass is 32.2. The number of rotatable bonds is 9. The first-order chi connectivity index (χ1) is 10.7. The van der Waals surface area contributed by atoms with Gasteiger partial charge in [0.05, 0.1) is 5.75 Å². The number of nitrogens with one attached hydrogen (secondary N) is 1. The molecule has 0 aliphatic carbocycles. The minimum absolute atomic E-state index is 0.0787. The van der Waals surface area contributed by atoms with Gasteiger partial charge >= 0.3 is 0 Å². The molecule has 0 unspecified atom stereocenters. The van der Waals surface area contributed by atoms with Gasteiger partial charge in [0, 0.05) is 11.4 Å². The SMILES string of the molecule is CCCCCC[C@H](C)NC(=O)CSc1ncnc2sccc12. The van der Waals surface area contributed by atoms with Crippen LogP contribution in [0.5, 0.6) is 0 Å². The number of amides is 1. The second kappa shape index (κ2) is 9.10. The number of hydrogen-bond acceptors (Lipinski definition) is 5. The van der Waals surface area contributed by atoms with Crippen molar-refractivity contribution in [2.75, 3.05) is 5.75 Å². The Morgan fingerprint density at radius 1 is 1.36 bits per heavy atom. The van der Waals surface area contributed by atoms with Gasteiger partial charge in [0.25, 0.3) is 0 Å². The van der Waals surface area contributed by atoms with E-state index in [-0.39, 0.29) is 11.9 Å². The van der Waals surface area contributed by atoms with Crippen LogP contribution in [0.15, 0.2) is 22.8 Å². The molecular formula is C16H23N3OS2. The maximum Gasteiger partial charge on any atom is 0.230 e. The molecule has 0 saturated heterocycles. The molecule has 1 atom stereocenters. The summed E-state index contributed by atoms with van der Waals surface area (Å²) in [4.78, 5) is 21.5. The fraction of sp³-hybridized carbons (Fsp3) is 0.562. The van der Waals surface area contributed by atoms with Crippen LogP contribution in [0.2, 0.25) is 0 Å². The van der Waals surface area contributed by atoms with E-state index in [1.165, 1.54) is 37.4 Å². The summed E-state index contributed by atoms with van der Waals surface area (Å²) >= 11 is 3.07. The van der Waals surface area contributed by atoms with Gasteiger partial charge in [-0.1, -0.05) is 44.4 Å². The summed E-state index contributed by atoms with van der Waals surface area (Å²) in [6.45, 7) is 4.29. The quantitative estimate of drug-likeness (QED) is 0.422. The van der Waals surface area contributed by atoms with Gasteiger partial charge in [0.1, 0.15) is 16.2 Å². The molecule has 2 rings (SSSR count). The molecule has 6 heteroatoms. The largest absolute Gasteiger partial charge is 0.353 e. The van der Waals surface area contributed by atoms with E-state index in [9.17, 15) is 4.79 Å². The molecule has 1 N–H and O–H groups in total. The molecule has 22 heavy (non-hydrogen) atoms. The first kappa shape index (κ1) is 17.2. The third-order valence-corrected chi connectivity index (χ3v) is 5.29. The Bertz CT molecular complexity index is 600. The number of carbonyl (C=O) groups is 1. The van der Waals surface area contributed by atoms with Crippen molar-refractivity contribution in [1.29, 1.82) is 0 Å². The maximum atomic E-state index is 12.0. The van der Waals surface area contributed by atoms with Crippen molar-refractivity contribution < 1.29 is 4.79 Å². The lowest BCUT2D eigenvalue weighted by Crippen LogP contribution is -2.33. The normalized spacial score (nSPS) is 12.5. The monoisotopic (exact) mass is 337 g/mol. The predicted molar refractivity (Wildman–Crippen MR) is 94.5 cm³/mol. The van der Waals surface area contributed by atoms with Crippen LogP contribution in [-0.2, 0) is 4.79 Å². The van der Waals surface area contributed by atoms with Gasteiger partial charge in [0.2, 0.25) is 5.91 Å². The lowest BCUT2D eigenvalue weighted by Gasteiger charge is -2.13. The molecule has 2 heterocycles. The molecule has 2 aromatic rings. The van der Waals surface area contributed by atoms with Gasteiger partial charge in [-0.25, -0.2) is 9.97 Å². The molecule has 0 aliphatic heterocycles. The molecule has 0 aromatic carbocycles. The van der Waals surface area contributed by atoms with Crippen molar-refractivity contribution in [2.45, 2.75) is 57.0 Å². The summed E-state index contributed by atoms with van der Waals surface area (Å²) in [6, 6.07) is 2.26. The molecule has 2 aromatic heterocycles. The molecule has 0 bridgehead atoms. The van der Waals surface area contributed by atoms with Crippen molar-refractivity contribution in [3.8, 4) is 0 Å². The fourth-order valence-electron chi connectivity index (χ4n) is 2.28. The minimum atomic E-state index is 0.0787. The van der Waals surface area contributed by atoms with E-state index in [4.69, 9.17) is 0 Å². The lowest BCUT2D eigenvalue weighted by molar-refractivity contribution is -0.119. The number of carbonyl (C=O) groups excluding carboxylic acids is 1. The van der Waals surface area contributed by atoms with E-state index >= 15 is 0 Å². The molecule has 0 saturated carbocycles. The van der Waals surface area contributed by atoms with Crippen LogP contribution in [0.25, 0.3) is 10.2 Å². The summed E-state index contributed by atoms with van der Waals surface area (Å²) in [6.07, 6.45) is 7.58. The minimum Gasteiger partial charge on any atom is -0.353 e. The number of unbranched alkanes of at least 4 members (excludes halogenated alkanes) is 3. The van der Waals surface area contributed by atoms with Crippen LogP contribution in [0, 0.1) is 0 Å². The second-order valence-corrected chi connectivity index (χ2v) is 7.28. The van der Waals surface area contributed by atoms with E-state index in [0.717, 1.165) is 21.7 Å². The molecule has 0 fully saturated rings. The van der Waals surface area contributed by atoms with E-state index in [0.29, 0.717) is 5.75 Å². The van der Waals surface area contributed by atoms with Crippen LogP contribution in [0.4, 0.5) is 0 Å². The van der Waals surface area contributed by atoms with Crippen LogP contribution < -0.4 is 5.32 Å². The zero-order valence-corrected chi connectivity index (χ0v) is 14.8. The van der Waals surface area contributed by atoms with Crippen molar-refractivity contribution in [2.24, 2.45) is 0 Å². The highest BCUT2D eigenvalue weighted by Crippen LogP contribution is 2.27. The van der Waals surface area contributed by atoms with Crippen molar-refractivity contribution in [3.05, 3.63) is 17.8 Å². The Kier molecular flexibility index (Phi) is 7.12. The summed E-state index contributed by atoms with van der Waals surface area (Å²) in [5, 5.41) is 7.00. The van der Waals surface area contributed by atoms with E-state index in [1.807, 2.05) is 11.4 Å². The number of nitrogens with zero attached hydrogens (tertiary/aromatic N) is 2. The van der Waals surface area contributed by atoms with Crippen LogP contribution in [-0.4, -0.2) is 27.7 Å². The molecular weight excluding hydrogens is 314 g/mol. The first-order valence-electron chi connectivity index (χ1n) is 7.81. The first-order valence-corrected chi connectivity index (χ1v) is 9.67. The van der Waals surface area contributed by atoms with E-state index in [1.54, 1.807) is 17.7 Å². The summed E-state index contributed by atoms with van der Waals surface area (Å²) < 4.78 is 0. The average Bonchev–Trinajstić information content (AvgIpc) is 2.98. The molecule has 0 aliphatic rings. The van der Waals surface area contributed by atoms with Crippen molar-refractivity contribution in [1.82, 2.24) is 15.3 Å². The summed E-state index contributed by atoms with van der Waals surface area (Å²) in [7, 11) is 0. The van der Waals surface area contributed by atoms with Crippen LogP contribution in [0.1, 0.15) is 46.0 Å². The highest BCUT2D eigenvalue weighted by molar-refractivity contribution is 8.00. The van der Waals surface area contributed by atoms with Crippen molar-refractivity contribution in [3.63, 3.8) is 0 Å². The molecule has 0 spiro atoms. The zero-order valence-electron chi connectivity index (χ0n) is 13.2. The third kappa shape index (κ3) is 5.25. The zero-order chi connectivity index (χ0) is 15.8. The molecule has 0 radical (unpaired) electrons. The topological polar surface area (TPSA) is 54.9 Å². The number of hydrogen-bond donors (Lipinski definition) is 1. The molecule has 120 valence electrons. The van der Waals surface area contributed by atoms with Gasteiger partial charge in [0.15, 0.2) is 0 Å². The third-order valence-electron chi connectivity index (χ3n) is 3.46. The summed E-state index contributed by atoms with van der Waals surface area (Å²) in [5.74, 6) is 0.483.